The smallest absolute Gasteiger partial charge is 0.103 e. The van der Waals surface area contributed by atoms with Crippen LogP contribution in [0.25, 0.3) is 0 Å². The lowest BCUT2D eigenvalue weighted by molar-refractivity contribution is 0.897. The number of H-pyrrole nitrogens is 1. The second-order valence-electron chi connectivity index (χ2n) is 2.74. The summed E-state index contributed by atoms with van der Waals surface area (Å²) in [6.45, 7) is 4.20. The van der Waals surface area contributed by atoms with Gasteiger partial charge in [0.15, 0.2) is 0 Å². The maximum Gasteiger partial charge on any atom is 0.103 e. The zero-order valence-electron chi connectivity index (χ0n) is 6.72. The van der Waals surface area contributed by atoms with E-state index in [1.807, 2.05) is 18.3 Å². The Hall–Kier alpha value is -0.830. The lowest BCUT2D eigenvalue weighted by Gasteiger charge is -2.08. The molecule has 3 heteroatoms. The number of aromatic amines is 1. The largest absolute Gasteiger partial charge is 0.382 e. The van der Waals surface area contributed by atoms with Crippen LogP contribution < -0.4 is 5.32 Å². The number of anilines is 1. The summed E-state index contributed by atoms with van der Waals surface area (Å²) in [5, 5.41) is 3.25. The number of rotatable bonds is 2. The molecule has 0 aliphatic heterocycles. The van der Waals surface area contributed by atoms with Crippen LogP contribution in [0.5, 0.6) is 0 Å². The average Bonchev–Trinajstić information content (AvgIpc) is 1.93. The minimum absolute atomic E-state index is 0.458. The van der Waals surface area contributed by atoms with Crippen LogP contribution in [-0.2, 0) is 0 Å². The fourth-order valence-corrected chi connectivity index (χ4v) is 0.961. The molecule has 0 amide bonds. The normalized spacial score (nSPS) is 10.1. The topological polar surface area (TPSA) is 27.8 Å². The van der Waals surface area contributed by atoms with Gasteiger partial charge >= 0.3 is 0 Å². The summed E-state index contributed by atoms with van der Waals surface area (Å²) in [5.41, 5.74) is 1.08. The van der Waals surface area contributed by atoms with Gasteiger partial charge in [0, 0.05) is 12.2 Å². The first kappa shape index (κ1) is 8.27. The summed E-state index contributed by atoms with van der Waals surface area (Å²) in [6.07, 6.45) is 1.88. The van der Waals surface area contributed by atoms with Gasteiger partial charge in [0.05, 0.1) is 5.69 Å². The van der Waals surface area contributed by atoms with Crippen LogP contribution in [0.3, 0.4) is 0 Å². The maximum absolute atomic E-state index is 4.90. The highest BCUT2D eigenvalue weighted by molar-refractivity contribution is 7.71. The number of hydrogen-bond acceptors (Lipinski definition) is 2. The molecule has 11 heavy (non-hydrogen) atoms. The van der Waals surface area contributed by atoms with Gasteiger partial charge in [-0.05, 0) is 26.0 Å². The van der Waals surface area contributed by atoms with Crippen molar-refractivity contribution in [1.82, 2.24) is 4.98 Å². The molecule has 0 unspecified atom stereocenters. The SMILES string of the molecule is CC(C)Nc1ccc(=S)[nH]c1. The fourth-order valence-electron chi connectivity index (χ4n) is 0.834. The minimum atomic E-state index is 0.458. The summed E-state index contributed by atoms with van der Waals surface area (Å²) >= 11 is 4.90. The quantitative estimate of drug-likeness (QED) is 0.664. The molecule has 0 fully saturated rings. The Kier molecular flexibility index (Phi) is 2.65. The molecule has 0 radical (unpaired) electrons. The zero-order valence-corrected chi connectivity index (χ0v) is 7.53. The Labute approximate surface area is 71.7 Å². The van der Waals surface area contributed by atoms with Crippen LogP contribution in [0.15, 0.2) is 18.3 Å². The Balaban J connectivity index is 2.74. The number of pyridine rings is 1. The third kappa shape index (κ3) is 2.72. The van der Waals surface area contributed by atoms with Gasteiger partial charge in [-0.1, -0.05) is 12.2 Å². The second kappa shape index (κ2) is 3.53. The maximum atomic E-state index is 4.90. The summed E-state index contributed by atoms with van der Waals surface area (Å²) < 4.78 is 0.763. The molecule has 1 heterocycles. The molecule has 1 aromatic heterocycles. The van der Waals surface area contributed by atoms with Crippen LogP contribution in [0.2, 0.25) is 0 Å². The van der Waals surface area contributed by atoms with Gasteiger partial charge in [0.25, 0.3) is 0 Å². The fraction of sp³-hybridized carbons (Fsp3) is 0.375. The zero-order chi connectivity index (χ0) is 8.27. The third-order valence-corrected chi connectivity index (χ3v) is 1.49. The predicted octanol–water partition coefficient (Wildman–Crippen LogP) is 2.56. The van der Waals surface area contributed by atoms with Crippen molar-refractivity contribution < 1.29 is 0 Å². The van der Waals surface area contributed by atoms with Crippen molar-refractivity contribution in [2.24, 2.45) is 0 Å². The number of aromatic nitrogens is 1. The Morgan fingerprint density at radius 1 is 1.45 bits per heavy atom. The van der Waals surface area contributed by atoms with E-state index in [2.05, 4.69) is 24.1 Å². The molecule has 2 N–H and O–H groups in total. The van der Waals surface area contributed by atoms with Crippen molar-refractivity contribution in [2.75, 3.05) is 5.32 Å². The predicted molar refractivity (Wildman–Crippen MR) is 50.4 cm³/mol. The monoisotopic (exact) mass is 168 g/mol. The molecular formula is C8H12N2S. The van der Waals surface area contributed by atoms with E-state index < -0.39 is 0 Å². The number of hydrogen-bond donors (Lipinski definition) is 2. The van der Waals surface area contributed by atoms with E-state index in [0.29, 0.717) is 6.04 Å². The molecule has 60 valence electrons. The molecule has 0 spiro atoms. The molecule has 0 aliphatic rings. The van der Waals surface area contributed by atoms with Crippen LogP contribution in [0, 0.1) is 4.64 Å². The molecule has 1 rings (SSSR count). The summed E-state index contributed by atoms with van der Waals surface area (Å²) in [4.78, 5) is 2.96. The first-order valence-corrected chi connectivity index (χ1v) is 4.04. The van der Waals surface area contributed by atoms with E-state index in [1.54, 1.807) is 0 Å². The molecule has 0 saturated carbocycles. The van der Waals surface area contributed by atoms with Crippen LogP contribution >= 0.6 is 12.2 Å². The van der Waals surface area contributed by atoms with E-state index in [9.17, 15) is 0 Å². The average molecular weight is 168 g/mol. The van der Waals surface area contributed by atoms with Gasteiger partial charge in [0.1, 0.15) is 4.64 Å². The van der Waals surface area contributed by atoms with Gasteiger partial charge < -0.3 is 10.3 Å². The van der Waals surface area contributed by atoms with Crippen molar-refractivity contribution in [2.45, 2.75) is 19.9 Å². The highest BCUT2D eigenvalue weighted by Gasteiger charge is 1.91. The molecule has 0 aliphatic carbocycles. The lowest BCUT2D eigenvalue weighted by Crippen LogP contribution is -2.09. The highest BCUT2D eigenvalue weighted by atomic mass is 32.1. The van der Waals surface area contributed by atoms with Gasteiger partial charge in [-0.2, -0.15) is 0 Å². The van der Waals surface area contributed by atoms with Gasteiger partial charge in [0.2, 0.25) is 0 Å². The first-order valence-electron chi connectivity index (χ1n) is 3.64. The molecular weight excluding hydrogens is 156 g/mol. The van der Waals surface area contributed by atoms with Crippen LogP contribution in [0.1, 0.15) is 13.8 Å². The number of nitrogens with one attached hydrogen (secondary N) is 2. The Morgan fingerprint density at radius 2 is 2.18 bits per heavy atom. The minimum Gasteiger partial charge on any atom is -0.382 e. The molecule has 0 aromatic carbocycles. The summed E-state index contributed by atoms with van der Waals surface area (Å²) in [7, 11) is 0. The van der Waals surface area contributed by atoms with E-state index >= 15 is 0 Å². The van der Waals surface area contributed by atoms with Crippen molar-refractivity contribution >= 4 is 17.9 Å². The van der Waals surface area contributed by atoms with E-state index in [0.717, 1.165) is 10.3 Å². The van der Waals surface area contributed by atoms with E-state index in [1.165, 1.54) is 0 Å². The Morgan fingerprint density at radius 3 is 2.64 bits per heavy atom. The van der Waals surface area contributed by atoms with Crippen molar-refractivity contribution in [1.29, 1.82) is 0 Å². The first-order chi connectivity index (χ1) is 5.18. The summed E-state index contributed by atoms with van der Waals surface area (Å²) in [6, 6.07) is 4.30. The second-order valence-corrected chi connectivity index (χ2v) is 3.18. The molecule has 2 nitrogen and oxygen atoms in total. The van der Waals surface area contributed by atoms with Gasteiger partial charge in [-0.3, -0.25) is 0 Å². The Bertz CT molecular complexity index is 257. The molecule has 0 bridgehead atoms. The van der Waals surface area contributed by atoms with Crippen molar-refractivity contribution in [3.05, 3.63) is 23.0 Å². The summed E-state index contributed by atoms with van der Waals surface area (Å²) in [5.74, 6) is 0. The lowest BCUT2D eigenvalue weighted by atomic mass is 10.3. The van der Waals surface area contributed by atoms with Crippen molar-refractivity contribution in [3.8, 4) is 0 Å². The van der Waals surface area contributed by atoms with E-state index in [-0.39, 0.29) is 0 Å². The van der Waals surface area contributed by atoms with E-state index in [4.69, 9.17) is 12.2 Å². The van der Waals surface area contributed by atoms with Gasteiger partial charge in [-0.15, -0.1) is 0 Å². The molecule has 1 aromatic rings. The molecule has 0 atom stereocenters. The van der Waals surface area contributed by atoms with Gasteiger partial charge in [-0.25, -0.2) is 0 Å². The van der Waals surface area contributed by atoms with Crippen LogP contribution in [-0.4, -0.2) is 11.0 Å². The van der Waals surface area contributed by atoms with Crippen LogP contribution in [0.4, 0.5) is 5.69 Å². The third-order valence-electron chi connectivity index (χ3n) is 1.24. The highest BCUT2D eigenvalue weighted by Crippen LogP contribution is 2.04. The molecule has 0 saturated heterocycles. The van der Waals surface area contributed by atoms with Crippen molar-refractivity contribution in [3.63, 3.8) is 0 Å². The standard InChI is InChI=1S/C8H12N2S/c1-6(2)10-7-3-4-8(11)9-5-7/h3-6,10H,1-2H3,(H,9,11).